The number of benzene rings is 1. The summed E-state index contributed by atoms with van der Waals surface area (Å²) in [6.45, 7) is 2.36. The Morgan fingerprint density at radius 1 is 1.53 bits per heavy atom. The van der Waals surface area contributed by atoms with E-state index in [1.54, 1.807) is 6.92 Å². The highest BCUT2D eigenvalue weighted by atomic mass is 35.5. The Morgan fingerprint density at radius 3 is 3.05 bits per heavy atom. The van der Waals surface area contributed by atoms with E-state index in [4.69, 9.17) is 16.9 Å². The van der Waals surface area contributed by atoms with E-state index in [1.165, 1.54) is 0 Å². The summed E-state index contributed by atoms with van der Waals surface area (Å²) in [5.41, 5.74) is 0.927. The van der Waals surface area contributed by atoms with Crippen molar-refractivity contribution in [3.63, 3.8) is 0 Å². The van der Waals surface area contributed by atoms with Crippen LogP contribution in [-0.2, 0) is 11.3 Å². The number of hydrogen-bond donors (Lipinski definition) is 1. The van der Waals surface area contributed by atoms with Crippen LogP contribution in [0.4, 0.5) is 0 Å². The van der Waals surface area contributed by atoms with Crippen LogP contribution in [0.2, 0.25) is 5.02 Å². The smallest absolute Gasteiger partial charge is 0.239 e. The number of hydrogen-bond acceptors (Lipinski definition) is 2. The zero-order valence-corrected chi connectivity index (χ0v) is 11.3. The number of nitriles is 1. The summed E-state index contributed by atoms with van der Waals surface area (Å²) in [4.78, 5) is 11.8. The third-order valence-electron chi connectivity index (χ3n) is 2.88. The molecule has 0 bridgehead atoms. The Morgan fingerprint density at radius 2 is 2.32 bits per heavy atom. The van der Waals surface area contributed by atoms with Gasteiger partial charge in [-0.25, -0.2) is 0 Å². The number of halogens is 1. The number of amides is 1. The molecule has 1 aromatic carbocycles. The molecule has 0 saturated heterocycles. The number of fused-ring (bicyclic) bond motifs is 1. The second-order valence-corrected chi connectivity index (χ2v) is 4.92. The van der Waals surface area contributed by atoms with Gasteiger partial charge in [0.1, 0.15) is 6.54 Å². The van der Waals surface area contributed by atoms with Gasteiger partial charge in [-0.3, -0.25) is 4.79 Å². The van der Waals surface area contributed by atoms with Crippen LogP contribution in [0.1, 0.15) is 6.92 Å². The lowest BCUT2D eigenvalue weighted by Gasteiger charge is -2.08. The molecule has 0 saturated carbocycles. The Kier molecular flexibility index (Phi) is 4.08. The van der Waals surface area contributed by atoms with Crippen LogP contribution in [0.3, 0.4) is 0 Å². The van der Waals surface area contributed by atoms with E-state index < -0.39 is 0 Å². The summed E-state index contributed by atoms with van der Waals surface area (Å²) >= 11 is 5.96. The molecule has 0 fully saturated rings. The quantitative estimate of drug-likeness (QED) is 0.932. The lowest BCUT2D eigenvalue weighted by Crippen LogP contribution is -2.30. The van der Waals surface area contributed by atoms with Crippen molar-refractivity contribution in [2.75, 3.05) is 6.54 Å². The molecular weight excluding hydrogens is 262 g/mol. The molecule has 1 heterocycles. The van der Waals surface area contributed by atoms with Gasteiger partial charge in [-0.2, -0.15) is 5.26 Å². The summed E-state index contributed by atoms with van der Waals surface area (Å²) in [5.74, 6) is -0.292. The van der Waals surface area contributed by atoms with E-state index in [1.807, 2.05) is 35.0 Å². The number of rotatable bonds is 4. The van der Waals surface area contributed by atoms with Crippen molar-refractivity contribution < 1.29 is 4.79 Å². The van der Waals surface area contributed by atoms with E-state index >= 15 is 0 Å². The van der Waals surface area contributed by atoms with Crippen LogP contribution in [0, 0.1) is 17.2 Å². The van der Waals surface area contributed by atoms with Gasteiger partial charge in [0.2, 0.25) is 5.91 Å². The largest absolute Gasteiger partial charge is 0.353 e. The van der Waals surface area contributed by atoms with Crippen molar-refractivity contribution in [2.24, 2.45) is 5.92 Å². The molecule has 98 valence electrons. The molecule has 0 aliphatic rings. The van der Waals surface area contributed by atoms with Gasteiger partial charge in [-0.05, 0) is 30.5 Å². The number of nitrogens with one attached hydrogen (secondary N) is 1. The minimum atomic E-state index is -0.181. The first kappa shape index (κ1) is 13.4. The molecule has 1 N–H and O–H groups in total. The van der Waals surface area contributed by atoms with Gasteiger partial charge < -0.3 is 9.88 Å². The average Bonchev–Trinajstić information content (AvgIpc) is 2.78. The highest BCUT2D eigenvalue weighted by Gasteiger charge is 2.08. The Labute approximate surface area is 116 Å². The molecular formula is C14H14ClN3O. The highest BCUT2D eigenvalue weighted by molar-refractivity contribution is 6.31. The molecule has 0 aliphatic carbocycles. The molecule has 2 rings (SSSR count). The molecule has 0 radical (unpaired) electrons. The minimum absolute atomic E-state index is 0.112. The maximum absolute atomic E-state index is 11.8. The molecule has 4 nitrogen and oxygen atoms in total. The van der Waals surface area contributed by atoms with Crippen molar-refractivity contribution in [2.45, 2.75) is 13.5 Å². The van der Waals surface area contributed by atoms with Crippen LogP contribution in [0.25, 0.3) is 10.9 Å². The van der Waals surface area contributed by atoms with Gasteiger partial charge in [0.15, 0.2) is 0 Å². The van der Waals surface area contributed by atoms with Crippen LogP contribution < -0.4 is 5.32 Å². The minimum Gasteiger partial charge on any atom is -0.353 e. The van der Waals surface area contributed by atoms with E-state index in [-0.39, 0.29) is 18.4 Å². The summed E-state index contributed by atoms with van der Waals surface area (Å²) < 4.78 is 1.84. The summed E-state index contributed by atoms with van der Waals surface area (Å²) in [5, 5.41) is 13.1. The second kappa shape index (κ2) is 5.77. The molecule has 1 atom stereocenters. The van der Waals surface area contributed by atoms with E-state index in [9.17, 15) is 4.79 Å². The van der Waals surface area contributed by atoms with Gasteiger partial charge in [0.25, 0.3) is 0 Å². The maximum Gasteiger partial charge on any atom is 0.239 e. The van der Waals surface area contributed by atoms with Crippen LogP contribution in [0.5, 0.6) is 0 Å². The van der Waals surface area contributed by atoms with Gasteiger partial charge in [-0.1, -0.05) is 17.7 Å². The molecule has 0 spiro atoms. The fraction of sp³-hybridized carbons (Fsp3) is 0.286. The lowest BCUT2D eigenvalue weighted by molar-refractivity contribution is -0.121. The van der Waals surface area contributed by atoms with Gasteiger partial charge in [-0.15, -0.1) is 0 Å². The summed E-state index contributed by atoms with van der Waals surface area (Å²) in [6.07, 6.45) is 1.86. The van der Waals surface area contributed by atoms with E-state index in [2.05, 4.69) is 11.4 Å². The molecule has 1 unspecified atom stereocenters. The van der Waals surface area contributed by atoms with Gasteiger partial charge >= 0.3 is 0 Å². The first-order valence-corrected chi connectivity index (χ1v) is 6.38. The fourth-order valence-electron chi connectivity index (χ4n) is 1.82. The fourth-order valence-corrected chi connectivity index (χ4v) is 1.98. The lowest BCUT2D eigenvalue weighted by atomic mass is 10.2. The zero-order chi connectivity index (χ0) is 13.8. The first-order valence-electron chi connectivity index (χ1n) is 6.01. The predicted molar refractivity (Wildman–Crippen MR) is 74.7 cm³/mol. The van der Waals surface area contributed by atoms with Crippen molar-refractivity contribution in [1.29, 1.82) is 5.26 Å². The van der Waals surface area contributed by atoms with E-state index in [0.717, 1.165) is 10.9 Å². The molecule has 1 amide bonds. The van der Waals surface area contributed by atoms with Gasteiger partial charge in [0.05, 0.1) is 12.0 Å². The van der Waals surface area contributed by atoms with E-state index in [0.29, 0.717) is 11.6 Å². The van der Waals surface area contributed by atoms with Gasteiger partial charge in [0, 0.05) is 23.3 Å². The number of carbonyl (C=O) groups excluding carboxylic acids is 1. The first-order chi connectivity index (χ1) is 9.10. The third kappa shape index (κ3) is 3.27. The highest BCUT2D eigenvalue weighted by Crippen LogP contribution is 2.20. The average molecular weight is 276 g/mol. The summed E-state index contributed by atoms with van der Waals surface area (Å²) in [7, 11) is 0. The Hall–Kier alpha value is -1.99. The molecule has 2 aromatic rings. The molecule has 1 aromatic heterocycles. The Balaban J connectivity index is 2.07. The predicted octanol–water partition coefficient (Wildman–Crippen LogP) is 2.57. The van der Waals surface area contributed by atoms with Crippen LogP contribution in [-0.4, -0.2) is 17.0 Å². The number of nitrogens with zero attached hydrogens (tertiary/aromatic N) is 2. The van der Waals surface area contributed by atoms with Crippen molar-refractivity contribution >= 4 is 28.4 Å². The zero-order valence-electron chi connectivity index (χ0n) is 10.6. The van der Waals surface area contributed by atoms with Crippen molar-refractivity contribution in [3.8, 4) is 6.07 Å². The second-order valence-electron chi connectivity index (χ2n) is 4.48. The Bertz CT molecular complexity index is 642. The standard InChI is InChI=1S/C14H14ClN3O/c1-10(7-16)8-17-14(19)9-18-5-4-11-2-3-12(15)6-13(11)18/h2-6,10H,8-9H2,1H3,(H,17,19). The molecule has 19 heavy (non-hydrogen) atoms. The molecule has 0 aliphatic heterocycles. The SMILES string of the molecule is CC(C#N)CNC(=O)Cn1ccc2ccc(Cl)cc21. The van der Waals surface area contributed by atoms with Crippen LogP contribution >= 0.6 is 11.6 Å². The maximum atomic E-state index is 11.8. The normalized spacial score (nSPS) is 12.1. The number of aromatic nitrogens is 1. The monoisotopic (exact) mass is 275 g/mol. The summed E-state index contributed by atoms with van der Waals surface area (Å²) in [6, 6.07) is 9.60. The van der Waals surface area contributed by atoms with Crippen molar-refractivity contribution in [1.82, 2.24) is 9.88 Å². The van der Waals surface area contributed by atoms with Crippen LogP contribution in [0.15, 0.2) is 30.5 Å². The topological polar surface area (TPSA) is 57.8 Å². The van der Waals surface area contributed by atoms with Crippen molar-refractivity contribution in [3.05, 3.63) is 35.5 Å². The third-order valence-corrected chi connectivity index (χ3v) is 3.11. The molecule has 5 heteroatoms. The number of carbonyl (C=O) groups is 1.